The number of ether oxygens (including phenoxy) is 1. The smallest absolute Gasteiger partial charge is 0.257 e. The molecular formula is C40H27BN2O. The van der Waals surface area contributed by atoms with Gasteiger partial charge in [-0.05, 0) is 76.4 Å². The van der Waals surface area contributed by atoms with Gasteiger partial charge >= 0.3 is 0 Å². The zero-order chi connectivity index (χ0) is 29.0. The number of para-hydroxylation sites is 4. The van der Waals surface area contributed by atoms with Crippen molar-refractivity contribution in [3.8, 4) is 11.5 Å². The summed E-state index contributed by atoms with van der Waals surface area (Å²) in [6, 6.07) is 58.1. The molecule has 0 fully saturated rings. The summed E-state index contributed by atoms with van der Waals surface area (Å²) >= 11 is 0. The summed E-state index contributed by atoms with van der Waals surface area (Å²) in [5, 5.41) is 2.39. The molecule has 0 bridgehead atoms. The maximum absolute atomic E-state index is 6.94. The largest absolute Gasteiger partial charge is 0.458 e. The molecule has 4 heteroatoms. The zero-order valence-electron chi connectivity index (χ0n) is 24.0. The van der Waals surface area contributed by atoms with E-state index in [0.717, 1.165) is 39.9 Å². The predicted octanol–water partition coefficient (Wildman–Crippen LogP) is 8.71. The van der Waals surface area contributed by atoms with Crippen molar-refractivity contribution in [2.75, 3.05) is 9.80 Å². The van der Waals surface area contributed by atoms with Gasteiger partial charge in [-0.2, -0.15) is 0 Å². The normalized spacial score (nSPS) is 12.6. The third-order valence-electron chi connectivity index (χ3n) is 8.88. The Kier molecular flexibility index (Phi) is 5.60. The van der Waals surface area contributed by atoms with Gasteiger partial charge < -0.3 is 14.5 Å². The Balaban J connectivity index is 1.33. The number of hydrogen-bond acceptors (Lipinski definition) is 3. The number of fused-ring (bicyclic) bond motifs is 6. The molecule has 0 radical (unpaired) electrons. The summed E-state index contributed by atoms with van der Waals surface area (Å²) in [5.41, 5.74) is 10.5. The molecule has 0 spiro atoms. The van der Waals surface area contributed by atoms with E-state index >= 15 is 0 Å². The third kappa shape index (κ3) is 3.71. The van der Waals surface area contributed by atoms with Crippen LogP contribution < -0.4 is 30.9 Å². The minimum atomic E-state index is 0.0296. The number of benzene rings is 7. The van der Waals surface area contributed by atoms with Crippen molar-refractivity contribution in [3.63, 3.8) is 0 Å². The molecule has 44 heavy (non-hydrogen) atoms. The van der Waals surface area contributed by atoms with Crippen molar-refractivity contribution in [2.45, 2.75) is 0 Å². The van der Waals surface area contributed by atoms with Gasteiger partial charge in [0.2, 0.25) is 0 Å². The van der Waals surface area contributed by atoms with Crippen LogP contribution in [0.3, 0.4) is 0 Å². The Morgan fingerprint density at radius 2 is 1.07 bits per heavy atom. The average Bonchev–Trinajstić information content (AvgIpc) is 3.09. The van der Waals surface area contributed by atoms with Gasteiger partial charge in [-0.25, -0.2) is 0 Å². The van der Waals surface area contributed by atoms with Crippen molar-refractivity contribution in [1.29, 1.82) is 0 Å². The van der Waals surface area contributed by atoms with E-state index in [-0.39, 0.29) is 6.71 Å². The summed E-state index contributed by atoms with van der Waals surface area (Å²) in [6.45, 7) is 0.0296. The Morgan fingerprint density at radius 1 is 0.477 bits per heavy atom. The lowest BCUT2D eigenvalue weighted by molar-refractivity contribution is 0.488. The third-order valence-corrected chi connectivity index (χ3v) is 8.88. The molecule has 3 nitrogen and oxygen atoms in total. The van der Waals surface area contributed by atoms with E-state index in [1.165, 1.54) is 32.8 Å². The Bertz CT molecular complexity index is 2130. The lowest BCUT2D eigenvalue weighted by Crippen LogP contribution is -2.59. The molecule has 0 aliphatic carbocycles. The van der Waals surface area contributed by atoms with Gasteiger partial charge in [-0.3, -0.25) is 0 Å². The van der Waals surface area contributed by atoms with Crippen molar-refractivity contribution in [2.24, 2.45) is 0 Å². The first-order valence-corrected chi connectivity index (χ1v) is 15.1. The van der Waals surface area contributed by atoms with E-state index in [4.69, 9.17) is 4.74 Å². The molecule has 0 saturated heterocycles. The van der Waals surface area contributed by atoms with Gasteiger partial charge in [0.25, 0.3) is 6.71 Å². The fourth-order valence-corrected chi connectivity index (χ4v) is 7.10. The molecule has 0 atom stereocenters. The highest BCUT2D eigenvalue weighted by Gasteiger charge is 2.42. The molecule has 0 saturated carbocycles. The maximum atomic E-state index is 6.94. The van der Waals surface area contributed by atoms with Crippen LogP contribution in [0.5, 0.6) is 11.5 Å². The molecule has 9 rings (SSSR count). The minimum Gasteiger partial charge on any atom is -0.458 e. The quantitative estimate of drug-likeness (QED) is 0.200. The number of rotatable bonds is 4. The van der Waals surface area contributed by atoms with Crippen LogP contribution in [-0.2, 0) is 0 Å². The van der Waals surface area contributed by atoms with Gasteiger partial charge in [0.15, 0.2) is 0 Å². The molecule has 7 aromatic rings. The monoisotopic (exact) mass is 562 g/mol. The van der Waals surface area contributed by atoms with E-state index in [1.807, 2.05) is 0 Å². The van der Waals surface area contributed by atoms with Crippen molar-refractivity contribution in [3.05, 3.63) is 164 Å². The molecule has 0 unspecified atom stereocenters. The molecule has 2 aliphatic rings. The number of nitrogens with zero attached hydrogens (tertiary/aromatic N) is 2. The molecule has 0 amide bonds. The standard InChI is InChI=1S/C40H27BN2O/c1-4-15-28(16-5-1)42(29-17-6-2-7-18-29)36-27-38-39(32-22-11-10-21-31(32)36)41-33-23-12-13-24-34(33)43(30-19-8-3-9-20-30)35-25-14-26-37(44-38)40(35)41/h1-27H. The first-order valence-electron chi connectivity index (χ1n) is 15.1. The zero-order valence-corrected chi connectivity index (χ0v) is 24.0. The molecule has 7 aromatic carbocycles. The van der Waals surface area contributed by atoms with Crippen LogP contribution in [0, 0.1) is 0 Å². The van der Waals surface area contributed by atoms with Gasteiger partial charge in [0.1, 0.15) is 11.5 Å². The summed E-state index contributed by atoms with van der Waals surface area (Å²) in [5.74, 6) is 1.80. The van der Waals surface area contributed by atoms with Crippen LogP contribution in [-0.4, -0.2) is 6.71 Å². The van der Waals surface area contributed by atoms with E-state index in [9.17, 15) is 0 Å². The lowest BCUT2D eigenvalue weighted by Gasteiger charge is -2.40. The van der Waals surface area contributed by atoms with Crippen LogP contribution in [0.1, 0.15) is 0 Å². The SMILES string of the molecule is c1ccc(N2c3ccccc3B3c4c(cccc42)Oc2cc(N(c4ccccc4)c4ccccc4)c4ccccc4c23)cc1. The second kappa shape index (κ2) is 9.93. The molecule has 2 aliphatic heterocycles. The first kappa shape index (κ1) is 24.8. The Hall–Kier alpha value is -5.74. The van der Waals surface area contributed by atoms with E-state index in [1.54, 1.807) is 0 Å². The fourth-order valence-electron chi connectivity index (χ4n) is 7.10. The number of hydrogen-bond donors (Lipinski definition) is 0. The first-order chi connectivity index (χ1) is 21.9. The second-order valence-electron chi connectivity index (χ2n) is 11.3. The van der Waals surface area contributed by atoms with Crippen molar-refractivity contribution >= 4 is 68.0 Å². The summed E-state index contributed by atoms with van der Waals surface area (Å²) < 4.78 is 6.94. The van der Waals surface area contributed by atoms with Crippen LogP contribution in [0.15, 0.2) is 164 Å². The van der Waals surface area contributed by atoms with Crippen molar-refractivity contribution in [1.82, 2.24) is 0 Å². The van der Waals surface area contributed by atoms with E-state index in [2.05, 4.69) is 174 Å². The van der Waals surface area contributed by atoms with Gasteiger partial charge in [0, 0.05) is 39.9 Å². The molecular weight excluding hydrogens is 535 g/mol. The molecule has 206 valence electrons. The summed E-state index contributed by atoms with van der Waals surface area (Å²) in [4.78, 5) is 4.71. The fraction of sp³-hybridized carbons (Fsp3) is 0. The number of anilines is 6. The second-order valence-corrected chi connectivity index (χ2v) is 11.3. The average molecular weight is 562 g/mol. The molecule has 0 aromatic heterocycles. The maximum Gasteiger partial charge on any atom is 0.257 e. The minimum absolute atomic E-state index is 0.0296. The van der Waals surface area contributed by atoms with Crippen LogP contribution in [0.25, 0.3) is 10.8 Å². The van der Waals surface area contributed by atoms with Gasteiger partial charge in [0.05, 0.1) is 5.69 Å². The highest BCUT2D eigenvalue weighted by molar-refractivity contribution is 7.00. The highest BCUT2D eigenvalue weighted by atomic mass is 16.5. The van der Waals surface area contributed by atoms with Crippen LogP contribution in [0.4, 0.5) is 34.1 Å². The Morgan fingerprint density at radius 3 is 1.80 bits per heavy atom. The summed E-state index contributed by atoms with van der Waals surface area (Å²) in [6.07, 6.45) is 0. The highest BCUT2D eigenvalue weighted by Crippen LogP contribution is 2.45. The van der Waals surface area contributed by atoms with Crippen molar-refractivity contribution < 1.29 is 4.74 Å². The lowest BCUT2D eigenvalue weighted by atomic mass is 9.33. The molecule has 0 N–H and O–H groups in total. The molecule has 2 heterocycles. The predicted molar refractivity (Wildman–Crippen MR) is 184 cm³/mol. The van der Waals surface area contributed by atoms with Gasteiger partial charge in [-0.15, -0.1) is 0 Å². The van der Waals surface area contributed by atoms with Crippen LogP contribution in [0.2, 0.25) is 0 Å². The van der Waals surface area contributed by atoms with Gasteiger partial charge in [-0.1, -0.05) is 103 Å². The van der Waals surface area contributed by atoms with E-state index in [0.29, 0.717) is 0 Å². The summed E-state index contributed by atoms with van der Waals surface area (Å²) in [7, 11) is 0. The Labute approximate surface area is 257 Å². The van der Waals surface area contributed by atoms with Crippen LogP contribution >= 0.6 is 0 Å². The van der Waals surface area contributed by atoms with E-state index < -0.39 is 0 Å². The topological polar surface area (TPSA) is 15.7 Å².